The number of fused-ring (bicyclic) bond motifs is 5. The van der Waals surface area contributed by atoms with Crippen molar-refractivity contribution >= 4 is 34.5 Å². The number of hydrogen-bond acceptors (Lipinski definition) is 5. The van der Waals surface area contributed by atoms with Gasteiger partial charge in [-0.1, -0.05) is 23.7 Å². The minimum absolute atomic E-state index is 0.0123. The van der Waals surface area contributed by atoms with Crippen LogP contribution in [0.3, 0.4) is 0 Å². The molecule has 1 aromatic heterocycles. The number of thiazole rings is 1. The van der Waals surface area contributed by atoms with Crippen LogP contribution in [0.4, 0.5) is 0 Å². The number of aryl methyl sites for hydroxylation is 1. The van der Waals surface area contributed by atoms with E-state index in [0.717, 1.165) is 28.3 Å². The summed E-state index contributed by atoms with van der Waals surface area (Å²) in [4.78, 5) is 31.6. The number of hydrogen-bond donors (Lipinski definition) is 0. The van der Waals surface area contributed by atoms with E-state index in [4.69, 9.17) is 16.3 Å². The van der Waals surface area contributed by atoms with Crippen molar-refractivity contribution in [2.24, 2.45) is 11.8 Å². The van der Waals surface area contributed by atoms with Crippen LogP contribution < -0.4 is 0 Å². The van der Waals surface area contributed by atoms with Crippen molar-refractivity contribution in [2.45, 2.75) is 37.9 Å². The number of carbonyl (C=O) groups excluding carboxylic acids is 2. The van der Waals surface area contributed by atoms with Gasteiger partial charge < -0.3 is 4.74 Å². The van der Waals surface area contributed by atoms with E-state index in [-0.39, 0.29) is 35.6 Å². The first-order chi connectivity index (χ1) is 12.0. The van der Waals surface area contributed by atoms with E-state index in [2.05, 4.69) is 4.98 Å². The van der Waals surface area contributed by atoms with Crippen LogP contribution in [0.1, 0.15) is 29.3 Å². The maximum Gasteiger partial charge on any atom is 0.155 e. The third kappa shape index (κ3) is 2.19. The molecule has 5 atom stereocenters. The lowest BCUT2D eigenvalue weighted by atomic mass is 9.81. The fourth-order valence-corrected chi connectivity index (χ4v) is 5.67. The van der Waals surface area contributed by atoms with Crippen LogP contribution in [0.25, 0.3) is 10.6 Å². The number of Topliss-reactive ketones (excluding diaryl/α,β-unsaturated/α-hetero) is 2. The Kier molecular flexibility index (Phi) is 3.43. The van der Waals surface area contributed by atoms with E-state index in [1.54, 1.807) is 0 Å². The van der Waals surface area contributed by atoms with E-state index < -0.39 is 5.92 Å². The molecule has 1 aliphatic carbocycles. The van der Waals surface area contributed by atoms with Gasteiger partial charge in [0.05, 0.1) is 29.7 Å². The zero-order valence-electron chi connectivity index (χ0n) is 13.6. The van der Waals surface area contributed by atoms with E-state index >= 15 is 0 Å². The molecule has 0 spiro atoms. The molecule has 3 fully saturated rings. The van der Waals surface area contributed by atoms with Crippen molar-refractivity contribution in [1.29, 1.82) is 0 Å². The second kappa shape index (κ2) is 5.47. The summed E-state index contributed by atoms with van der Waals surface area (Å²) in [5.74, 6) is -1.19. The number of nitrogens with zero attached hydrogens (tertiary/aromatic N) is 1. The van der Waals surface area contributed by atoms with Gasteiger partial charge in [0, 0.05) is 15.5 Å². The van der Waals surface area contributed by atoms with E-state index in [1.165, 1.54) is 11.3 Å². The van der Waals surface area contributed by atoms with Gasteiger partial charge >= 0.3 is 0 Å². The monoisotopic (exact) mass is 373 g/mol. The normalized spacial score (nSPS) is 33.3. The van der Waals surface area contributed by atoms with E-state index in [0.29, 0.717) is 10.7 Å². The predicted molar refractivity (Wildman–Crippen MR) is 94.9 cm³/mol. The molecule has 3 aliphatic rings. The molecule has 0 amide bonds. The summed E-state index contributed by atoms with van der Waals surface area (Å²) in [5, 5.41) is 1.49. The second-order valence-electron chi connectivity index (χ2n) is 7.05. The first-order valence-electron chi connectivity index (χ1n) is 8.51. The Morgan fingerprint density at radius 3 is 2.28 bits per heavy atom. The SMILES string of the molecule is Cc1sc(-c2ccc(Cl)cc2)nc1C1C(=O)[C@@H]2[C@H](C1=O)[C@@H]1CC[C@H]2O1. The summed E-state index contributed by atoms with van der Waals surface area (Å²) in [5.41, 5.74) is 1.59. The Hall–Kier alpha value is -1.56. The minimum Gasteiger partial charge on any atom is -0.373 e. The summed E-state index contributed by atoms with van der Waals surface area (Å²) in [6.07, 6.45) is 1.66. The number of ether oxygens (including phenoxy) is 1. The molecule has 128 valence electrons. The largest absolute Gasteiger partial charge is 0.373 e. The Balaban J connectivity index is 1.53. The van der Waals surface area contributed by atoms with Crippen LogP contribution in [0.5, 0.6) is 0 Å². The molecule has 2 saturated heterocycles. The van der Waals surface area contributed by atoms with Gasteiger partial charge in [-0.15, -0.1) is 11.3 Å². The van der Waals surface area contributed by atoms with Crippen LogP contribution in [0.2, 0.25) is 5.02 Å². The third-order valence-corrected chi connectivity index (χ3v) is 6.98. The second-order valence-corrected chi connectivity index (χ2v) is 8.69. The predicted octanol–water partition coefficient (Wildman–Crippen LogP) is 3.80. The van der Waals surface area contributed by atoms with Crippen LogP contribution >= 0.6 is 22.9 Å². The summed E-state index contributed by atoms with van der Waals surface area (Å²) in [7, 11) is 0. The molecule has 25 heavy (non-hydrogen) atoms. The standard InChI is InChI=1S/C19H16ClNO3S/c1-8-16(21-19(25-8)9-2-4-10(20)5-3-9)15-17(22)13-11-6-7-12(24-11)14(13)18(15)23/h2-5,11-15H,6-7H2,1H3/t11-,12+,13+,14-,15?. The first-order valence-corrected chi connectivity index (χ1v) is 9.70. The molecule has 4 nitrogen and oxygen atoms in total. The van der Waals surface area contributed by atoms with Gasteiger partial charge in [0.25, 0.3) is 0 Å². The molecule has 0 N–H and O–H groups in total. The van der Waals surface area contributed by atoms with Crippen molar-refractivity contribution in [1.82, 2.24) is 4.98 Å². The number of carbonyl (C=O) groups is 2. The summed E-state index contributed by atoms with van der Waals surface area (Å²) >= 11 is 7.47. The Bertz CT molecular complexity index is 863. The highest BCUT2D eigenvalue weighted by Gasteiger charge is 2.63. The van der Waals surface area contributed by atoms with Crippen LogP contribution in [0, 0.1) is 18.8 Å². The summed E-state index contributed by atoms with van der Waals surface area (Å²) < 4.78 is 5.81. The molecule has 5 rings (SSSR count). The molecule has 2 aromatic rings. The Morgan fingerprint density at radius 2 is 1.68 bits per heavy atom. The van der Waals surface area contributed by atoms with E-state index in [9.17, 15) is 9.59 Å². The molecule has 1 aromatic carbocycles. The molecule has 2 bridgehead atoms. The Labute approximate surface area is 154 Å². The highest BCUT2D eigenvalue weighted by atomic mass is 35.5. The summed E-state index contributed by atoms with van der Waals surface area (Å²) in [6, 6.07) is 7.45. The van der Waals surface area contributed by atoms with Gasteiger partial charge in [0.1, 0.15) is 10.9 Å². The van der Waals surface area contributed by atoms with E-state index in [1.807, 2.05) is 31.2 Å². The quantitative estimate of drug-likeness (QED) is 0.751. The van der Waals surface area contributed by atoms with Crippen molar-refractivity contribution in [2.75, 3.05) is 0 Å². The highest BCUT2D eigenvalue weighted by molar-refractivity contribution is 7.15. The van der Waals surface area contributed by atoms with Crippen molar-refractivity contribution in [3.63, 3.8) is 0 Å². The first kappa shape index (κ1) is 15.7. The van der Waals surface area contributed by atoms with Gasteiger partial charge in [-0.2, -0.15) is 0 Å². The zero-order chi connectivity index (χ0) is 17.3. The number of halogens is 1. The topological polar surface area (TPSA) is 56.3 Å². The van der Waals surface area contributed by atoms with Crippen molar-refractivity contribution < 1.29 is 14.3 Å². The molecular weight excluding hydrogens is 358 g/mol. The van der Waals surface area contributed by atoms with Gasteiger partial charge in [-0.05, 0) is 31.9 Å². The lowest BCUT2D eigenvalue weighted by Gasteiger charge is -2.16. The fourth-order valence-electron chi connectivity index (χ4n) is 4.59. The maximum absolute atomic E-state index is 13.0. The maximum atomic E-state index is 13.0. The number of aromatic nitrogens is 1. The van der Waals surface area contributed by atoms with Crippen LogP contribution in [-0.2, 0) is 14.3 Å². The fraction of sp³-hybridized carbons (Fsp3) is 0.421. The molecule has 0 radical (unpaired) electrons. The zero-order valence-corrected chi connectivity index (χ0v) is 15.1. The van der Waals surface area contributed by atoms with Crippen LogP contribution in [0.15, 0.2) is 24.3 Å². The smallest absolute Gasteiger partial charge is 0.155 e. The molecule has 1 saturated carbocycles. The molecule has 2 aliphatic heterocycles. The van der Waals surface area contributed by atoms with Gasteiger partial charge in [-0.3, -0.25) is 9.59 Å². The van der Waals surface area contributed by atoms with Gasteiger partial charge in [0.2, 0.25) is 0 Å². The third-order valence-electron chi connectivity index (χ3n) is 5.70. The van der Waals surface area contributed by atoms with Gasteiger partial charge in [0.15, 0.2) is 11.6 Å². The number of rotatable bonds is 2. The summed E-state index contributed by atoms with van der Waals surface area (Å²) in [6.45, 7) is 1.94. The van der Waals surface area contributed by atoms with Crippen molar-refractivity contribution in [3.05, 3.63) is 39.9 Å². The van der Waals surface area contributed by atoms with Crippen molar-refractivity contribution in [3.8, 4) is 10.6 Å². The molecule has 3 heterocycles. The molecule has 1 unspecified atom stereocenters. The average molecular weight is 374 g/mol. The van der Waals surface area contributed by atoms with Crippen LogP contribution in [-0.4, -0.2) is 28.8 Å². The minimum atomic E-state index is -0.709. The molecule has 6 heteroatoms. The lowest BCUT2D eigenvalue weighted by molar-refractivity contribution is -0.127. The Morgan fingerprint density at radius 1 is 1.08 bits per heavy atom. The lowest BCUT2D eigenvalue weighted by Crippen LogP contribution is -2.29. The highest BCUT2D eigenvalue weighted by Crippen LogP contribution is 2.52. The number of ketones is 2. The molecular formula is C19H16ClNO3S. The van der Waals surface area contributed by atoms with Gasteiger partial charge in [-0.25, -0.2) is 4.98 Å². The number of benzene rings is 1. The average Bonchev–Trinajstić information content (AvgIpc) is 3.33.